The van der Waals surface area contributed by atoms with Crippen LogP contribution >= 0.6 is 0 Å². The zero-order valence-corrected chi connectivity index (χ0v) is 19.3. The lowest BCUT2D eigenvalue weighted by Gasteiger charge is -2.29. The summed E-state index contributed by atoms with van der Waals surface area (Å²) >= 11 is 0. The zero-order valence-electron chi connectivity index (χ0n) is 16.8. The maximum absolute atomic E-state index is 13.8. The second kappa shape index (κ2) is 7.99. The van der Waals surface area contributed by atoms with Crippen LogP contribution in [0.15, 0.2) is 117 Å². The average molecular weight is 489 g/mol. The molecule has 3 aromatic carbocycles. The molecule has 166 valence electrons. The van der Waals surface area contributed by atoms with Crippen molar-refractivity contribution >= 4 is 29.5 Å². The number of sulfone groups is 3. The molecule has 1 aliphatic carbocycles. The molecule has 9 heteroatoms. The van der Waals surface area contributed by atoms with Crippen LogP contribution in [-0.4, -0.2) is 29.3 Å². The van der Waals surface area contributed by atoms with Crippen molar-refractivity contribution in [3.05, 3.63) is 102 Å². The maximum Gasteiger partial charge on any atom is 0.202 e. The normalized spacial score (nSPS) is 16.4. The van der Waals surface area contributed by atoms with Crippen molar-refractivity contribution in [2.45, 2.75) is 31.6 Å². The minimum Gasteiger partial charge on any atom is -0.222 e. The van der Waals surface area contributed by atoms with Gasteiger partial charge in [0.15, 0.2) is 23.8 Å². The van der Waals surface area contributed by atoms with E-state index in [-0.39, 0.29) is 19.6 Å². The van der Waals surface area contributed by atoms with Gasteiger partial charge < -0.3 is 0 Å². The first kappa shape index (κ1) is 22.4. The number of allylic oxidation sites excluding steroid dienone is 2. The van der Waals surface area contributed by atoms with E-state index < -0.39 is 46.4 Å². The monoisotopic (exact) mass is 488 g/mol. The SMILES string of the molecule is O=S(=O)(C1=CCC(S(=O)(=O)c2ccccc2)(S(=O)(=O)c2ccccc2)C1)c1ccccc1. The number of hydrogen-bond acceptors (Lipinski definition) is 6. The van der Waals surface area contributed by atoms with Crippen molar-refractivity contribution in [1.82, 2.24) is 0 Å². The van der Waals surface area contributed by atoms with Crippen LogP contribution in [0, 0.1) is 0 Å². The molecule has 0 unspecified atom stereocenters. The highest BCUT2D eigenvalue weighted by molar-refractivity contribution is 8.10. The molecule has 1 aliphatic rings. The van der Waals surface area contributed by atoms with Gasteiger partial charge in [0.25, 0.3) is 0 Å². The van der Waals surface area contributed by atoms with Crippen LogP contribution in [-0.2, 0) is 29.5 Å². The van der Waals surface area contributed by atoms with Gasteiger partial charge in [-0.1, -0.05) is 60.7 Å². The molecule has 0 heterocycles. The highest BCUT2D eigenvalue weighted by Crippen LogP contribution is 2.48. The molecule has 0 fully saturated rings. The molecule has 4 rings (SSSR count). The highest BCUT2D eigenvalue weighted by atomic mass is 32.3. The van der Waals surface area contributed by atoms with Crippen LogP contribution < -0.4 is 0 Å². The third kappa shape index (κ3) is 3.41. The quantitative estimate of drug-likeness (QED) is 0.523. The van der Waals surface area contributed by atoms with Gasteiger partial charge in [0.2, 0.25) is 9.84 Å². The third-order valence-corrected chi connectivity index (χ3v) is 13.1. The lowest BCUT2D eigenvalue weighted by molar-refractivity contribution is 0.542. The van der Waals surface area contributed by atoms with Crippen LogP contribution in [0.2, 0.25) is 0 Å². The summed E-state index contributed by atoms with van der Waals surface area (Å²) in [6, 6.07) is 22.1. The van der Waals surface area contributed by atoms with Crippen molar-refractivity contribution in [1.29, 1.82) is 0 Å². The first-order valence-corrected chi connectivity index (χ1v) is 14.2. The van der Waals surface area contributed by atoms with E-state index in [0.29, 0.717) is 0 Å². The Kier molecular flexibility index (Phi) is 5.60. The summed E-state index contributed by atoms with van der Waals surface area (Å²) in [5.41, 5.74) is 0. The lowest BCUT2D eigenvalue weighted by Crippen LogP contribution is -2.44. The Labute approximate surface area is 188 Å². The van der Waals surface area contributed by atoms with Crippen LogP contribution in [0.3, 0.4) is 0 Å². The number of benzene rings is 3. The Hall–Kier alpha value is -2.75. The second-order valence-electron chi connectivity index (χ2n) is 7.41. The summed E-state index contributed by atoms with van der Waals surface area (Å²) in [6.07, 6.45) is 0.0881. The van der Waals surface area contributed by atoms with Crippen LogP contribution in [0.5, 0.6) is 0 Å². The van der Waals surface area contributed by atoms with Crippen LogP contribution in [0.25, 0.3) is 0 Å². The largest absolute Gasteiger partial charge is 0.222 e. The Morgan fingerprint density at radius 2 is 0.906 bits per heavy atom. The Morgan fingerprint density at radius 3 is 1.31 bits per heavy atom. The standard InChI is InChI=1S/C23H20O6S3/c24-30(25,19-10-4-1-5-11-19)22-16-17-23(18-22,31(26,27)20-12-6-2-7-13-20)32(28,29)21-14-8-3-9-15-21/h1-16H,17-18H2. The average Bonchev–Trinajstić information content (AvgIpc) is 3.30. The molecule has 0 atom stereocenters. The van der Waals surface area contributed by atoms with Gasteiger partial charge in [-0.3, -0.25) is 0 Å². The van der Waals surface area contributed by atoms with Crippen molar-refractivity contribution < 1.29 is 25.3 Å². The van der Waals surface area contributed by atoms with E-state index in [0.717, 1.165) is 0 Å². The Balaban J connectivity index is 1.91. The molecule has 0 aliphatic heterocycles. The molecule has 0 saturated carbocycles. The first-order valence-electron chi connectivity index (χ1n) is 9.71. The third-order valence-electron chi connectivity index (χ3n) is 5.57. The van der Waals surface area contributed by atoms with Gasteiger partial charge >= 0.3 is 0 Å². The number of rotatable bonds is 6. The molecule has 6 nitrogen and oxygen atoms in total. The minimum atomic E-state index is -4.49. The molecule has 0 N–H and O–H groups in total. The van der Waals surface area contributed by atoms with Crippen molar-refractivity contribution in [2.24, 2.45) is 0 Å². The fraction of sp³-hybridized carbons (Fsp3) is 0.130. The molecule has 0 spiro atoms. The van der Waals surface area contributed by atoms with Gasteiger partial charge in [-0.2, -0.15) is 0 Å². The molecule has 0 saturated heterocycles. The summed E-state index contributed by atoms with van der Waals surface area (Å²) < 4.78 is 79.1. The predicted octanol–water partition coefficient (Wildman–Crippen LogP) is 3.78. The van der Waals surface area contributed by atoms with E-state index in [4.69, 9.17) is 0 Å². The molecule has 0 aromatic heterocycles. The predicted molar refractivity (Wildman–Crippen MR) is 121 cm³/mol. The van der Waals surface area contributed by atoms with Crippen molar-refractivity contribution in [2.75, 3.05) is 0 Å². The minimum absolute atomic E-state index is 0.0173. The lowest BCUT2D eigenvalue weighted by atomic mass is 10.3. The van der Waals surface area contributed by atoms with Gasteiger partial charge in [0, 0.05) is 17.7 Å². The molecular formula is C23H20O6S3. The summed E-state index contributed by atoms with van der Waals surface area (Å²) in [7, 11) is -13.0. The highest BCUT2D eigenvalue weighted by Gasteiger charge is 2.59. The molecule has 3 aromatic rings. The van der Waals surface area contributed by atoms with Gasteiger partial charge in [0.05, 0.1) is 14.7 Å². The van der Waals surface area contributed by atoms with E-state index in [1.54, 1.807) is 30.3 Å². The summed E-state index contributed by atoms with van der Waals surface area (Å²) in [4.78, 5) is -0.587. The van der Waals surface area contributed by atoms with Crippen molar-refractivity contribution in [3.8, 4) is 0 Å². The summed E-state index contributed by atoms with van der Waals surface area (Å²) in [6.45, 7) is 0. The van der Waals surface area contributed by atoms with Crippen LogP contribution in [0.4, 0.5) is 0 Å². The fourth-order valence-electron chi connectivity index (χ4n) is 3.82. The maximum atomic E-state index is 13.8. The summed E-state index contributed by atoms with van der Waals surface area (Å²) in [5.74, 6) is 0. The molecular weight excluding hydrogens is 468 g/mol. The van der Waals surface area contributed by atoms with E-state index in [1.165, 1.54) is 66.7 Å². The van der Waals surface area contributed by atoms with E-state index in [9.17, 15) is 25.3 Å². The van der Waals surface area contributed by atoms with Gasteiger partial charge in [-0.25, -0.2) is 25.3 Å². The molecule has 32 heavy (non-hydrogen) atoms. The van der Waals surface area contributed by atoms with E-state index in [2.05, 4.69) is 0 Å². The van der Waals surface area contributed by atoms with Crippen LogP contribution in [0.1, 0.15) is 12.8 Å². The molecule has 0 bridgehead atoms. The summed E-state index contributed by atoms with van der Waals surface area (Å²) in [5, 5.41) is 0. The van der Waals surface area contributed by atoms with Gasteiger partial charge in [-0.05, 0) is 36.4 Å². The number of hydrogen-bond donors (Lipinski definition) is 0. The smallest absolute Gasteiger partial charge is 0.202 e. The zero-order chi connectivity index (χ0) is 23.0. The first-order chi connectivity index (χ1) is 15.1. The second-order valence-corrected chi connectivity index (χ2v) is 14.2. The topological polar surface area (TPSA) is 102 Å². The van der Waals surface area contributed by atoms with E-state index in [1.807, 2.05) is 0 Å². The Bertz CT molecular complexity index is 1410. The Morgan fingerprint density at radius 1 is 0.531 bits per heavy atom. The fourth-order valence-corrected chi connectivity index (χ4v) is 10.5. The molecule has 0 amide bonds. The van der Waals surface area contributed by atoms with Gasteiger partial charge in [0.1, 0.15) is 0 Å². The molecule has 0 radical (unpaired) electrons. The van der Waals surface area contributed by atoms with Crippen molar-refractivity contribution in [3.63, 3.8) is 0 Å². The van der Waals surface area contributed by atoms with E-state index >= 15 is 0 Å². The van der Waals surface area contributed by atoms with Gasteiger partial charge in [-0.15, -0.1) is 0 Å².